The molecule has 2 heterocycles. The van der Waals surface area contributed by atoms with Crippen LogP contribution in [0.15, 0.2) is 18.5 Å². The Morgan fingerprint density at radius 3 is 2.69 bits per heavy atom. The number of nitrogens with zero attached hydrogens (tertiary/aromatic N) is 3. The Morgan fingerprint density at radius 2 is 1.89 bits per heavy atom. The van der Waals surface area contributed by atoms with Crippen LogP contribution in [0, 0.1) is 45.9 Å². The molecule has 5 nitrogen and oxygen atoms in total. The Bertz CT molecular complexity index is 1150. The Hall–Kier alpha value is -1.82. The highest BCUT2D eigenvalue weighted by atomic mass is 19.1. The monoisotopic (exact) mass is 481 g/mol. The van der Waals surface area contributed by atoms with Gasteiger partial charge < -0.3 is 9.90 Å². The largest absolute Gasteiger partial charge is 0.390 e. The number of aldehydes is 1. The van der Waals surface area contributed by atoms with Gasteiger partial charge in [0.25, 0.3) is 0 Å². The van der Waals surface area contributed by atoms with Crippen molar-refractivity contribution in [2.45, 2.75) is 97.1 Å². The molecule has 35 heavy (non-hydrogen) atoms. The highest BCUT2D eigenvalue weighted by molar-refractivity contribution is 5.77. The van der Waals surface area contributed by atoms with Crippen LogP contribution < -0.4 is 0 Å². The summed E-state index contributed by atoms with van der Waals surface area (Å²) in [5.74, 6) is 2.14. The quantitative estimate of drug-likeness (QED) is 0.433. The minimum atomic E-state index is -0.502. The molecule has 0 saturated heterocycles. The predicted molar refractivity (Wildman–Crippen MR) is 133 cm³/mol. The van der Waals surface area contributed by atoms with Crippen LogP contribution in [0.5, 0.6) is 0 Å². The third-order valence-corrected chi connectivity index (χ3v) is 11.9. The fourth-order valence-electron chi connectivity index (χ4n) is 9.70. The number of hydrogen-bond donors (Lipinski definition) is 1. The predicted octanol–water partition coefficient (Wildman–Crippen LogP) is 5.94. The van der Waals surface area contributed by atoms with Crippen molar-refractivity contribution in [3.63, 3.8) is 0 Å². The molecule has 6 rings (SSSR count). The normalized spacial score (nSPS) is 45.1. The van der Waals surface area contributed by atoms with Gasteiger partial charge in [-0.15, -0.1) is 0 Å². The molecule has 2 aromatic heterocycles. The first kappa shape index (κ1) is 23.6. The lowest BCUT2D eigenvalue weighted by Gasteiger charge is -2.62. The third-order valence-electron chi connectivity index (χ3n) is 11.9. The molecule has 4 aliphatic rings. The van der Waals surface area contributed by atoms with E-state index < -0.39 is 11.5 Å². The summed E-state index contributed by atoms with van der Waals surface area (Å²) in [7, 11) is 0. The zero-order valence-electron chi connectivity index (χ0n) is 21.5. The fraction of sp³-hybridized carbons (Fsp3) is 0.759. The number of carbonyl (C=O) groups is 1. The maximum atomic E-state index is 13.5. The summed E-state index contributed by atoms with van der Waals surface area (Å²) in [6.45, 7) is 7.61. The first-order valence-electron chi connectivity index (χ1n) is 13.8. The summed E-state index contributed by atoms with van der Waals surface area (Å²) in [6.07, 6.45) is 15.2. The van der Waals surface area contributed by atoms with E-state index in [-0.39, 0.29) is 10.8 Å². The Labute approximate surface area is 207 Å². The van der Waals surface area contributed by atoms with Gasteiger partial charge in [0.2, 0.25) is 5.95 Å². The maximum Gasteiger partial charge on any atom is 0.213 e. The second-order valence-electron chi connectivity index (χ2n) is 13.3. The van der Waals surface area contributed by atoms with E-state index in [9.17, 15) is 14.3 Å². The zero-order chi connectivity index (χ0) is 24.6. The van der Waals surface area contributed by atoms with Gasteiger partial charge >= 0.3 is 0 Å². The highest BCUT2D eigenvalue weighted by Gasteiger charge is 2.65. The highest BCUT2D eigenvalue weighted by Crippen LogP contribution is 2.71. The van der Waals surface area contributed by atoms with Gasteiger partial charge in [0.1, 0.15) is 6.29 Å². The first-order chi connectivity index (χ1) is 16.6. The van der Waals surface area contributed by atoms with E-state index in [1.807, 2.05) is 11.6 Å². The molecule has 4 saturated carbocycles. The number of aliphatic hydroxyl groups is 1. The molecule has 0 bridgehead atoms. The molecule has 4 fully saturated rings. The number of halogens is 1. The summed E-state index contributed by atoms with van der Waals surface area (Å²) in [5, 5.41) is 16.0. The van der Waals surface area contributed by atoms with E-state index >= 15 is 0 Å². The van der Waals surface area contributed by atoms with E-state index in [1.165, 1.54) is 31.6 Å². The molecule has 6 heteroatoms. The zero-order valence-corrected chi connectivity index (χ0v) is 21.5. The number of aromatic nitrogens is 3. The van der Waals surface area contributed by atoms with E-state index in [4.69, 9.17) is 0 Å². The van der Waals surface area contributed by atoms with E-state index in [1.54, 1.807) is 12.4 Å². The van der Waals surface area contributed by atoms with Crippen LogP contribution in [0.2, 0.25) is 0 Å². The average molecular weight is 482 g/mol. The summed E-state index contributed by atoms with van der Waals surface area (Å²) in [4.78, 5) is 16.7. The minimum absolute atomic E-state index is 0.0204. The van der Waals surface area contributed by atoms with Crippen molar-refractivity contribution in [2.24, 2.45) is 39.9 Å². The van der Waals surface area contributed by atoms with Gasteiger partial charge in [-0.05, 0) is 106 Å². The molecule has 8 atom stereocenters. The van der Waals surface area contributed by atoms with Crippen molar-refractivity contribution >= 4 is 17.2 Å². The molecule has 1 N–H and O–H groups in total. The van der Waals surface area contributed by atoms with Crippen molar-refractivity contribution in [2.75, 3.05) is 0 Å². The number of fused-ring (bicyclic) bond motifs is 6. The van der Waals surface area contributed by atoms with Crippen molar-refractivity contribution in [1.29, 1.82) is 0 Å². The lowest BCUT2D eigenvalue weighted by molar-refractivity contribution is -0.158. The maximum absolute atomic E-state index is 13.5. The van der Waals surface area contributed by atoms with Gasteiger partial charge in [0, 0.05) is 23.4 Å². The second kappa shape index (κ2) is 7.84. The second-order valence-corrected chi connectivity index (χ2v) is 13.3. The Kier molecular flexibility index (Phi) is 5.28. The van der Waals surface area contributed by atoms with Gasteiger partial charge in [-0.1, -0.05) is 13.8 Å². The molecule has 0 unspecified atom stereocenters. The molecule has 0 spiro atoms. The molecule has 4 aliphatic carbocycles. The average Bonchev–Trinajstić information content (AvgIpc) is 3.36. The van der Waals surface area contributed by atoms with Gasteiger partial charge in [-0.2, -0.15) is 9.49 Å². The number of aryl methyl sites for hydroxylation is 1. The van der Waals surface area contributed by atoms with Crippen molar-refractivity contribution in [3.8, 4) is 0 Å². The van der Waals surface area contributed by atoms with E-state index in [2.05, 4.69) is 23.9 Å². The lowest BCUT2D eigenvalue weighted by atomic mass is 9.43. The van der Waals surface area contributed by atoms with Crippen LogP contribution in [-0.4, -0.2) is 31.8 Å². The van der Waals surface area contributed by atoms with Crippen LogP contribution in [0.25, 0.3) is 10.9 Å². The molecular weight excluding hydrogens is 441 g/mol. The standard InChI is InChI=1S/C29H40FN3O2/c1-26(35)10-11-27(2)20(15-26)4-5-21-22(27)6-8-28(3)23(21)7-9-29(28,18-34)12-13-33-24-17-31-25(30)14-19(24)16-32-33/h14,16-18,20-23,35H,4-13,15H2,1-3H3/t20-,21+,22-,23-,26+,27-,28-,29-/m0/s1. The molecule has 0 aliphatic heterocycles. The third kappa shape index (κ3) is 3.38. The van der Waals surface area contributed by atoms with Crippen LogP contribution >= 0.6 is 0 Å². The molecular formula is C29H40FN3O2. The molecule has 190 valence electrons. The topological polar surface area (TPSA) is 68.0 Å². The molecule has 2 aromatic rings. The van der Waals surface area contributed by atoms with Gasteiger partial charge in [0.05, 0.1) is 23.5 Å². The van der Waals surface area contributed by atoms with Gasteiger partial charge in [-0.3, -0.25) is 4.68 Å². The van der Waals surface area contributed by atoms with Crippen molar-refractivity contribution < 1.29 is 14.3 Å². The van der Waals surface area contributed by atoms with Crippen LogP contribution in [0.3, 0.4) is 0 Å². The first-order valence-corrected chi connectivity index (χ1v) is 13.8. The number of hydrogen-bond acceptors (Lipinski definition) is 4. The van der Waals surface area contributed by atoms with Gasteiger partial charge in [-0.25, -0.2) is 4.98 Å². The number of rotatable bonds is 4. The molecule has 0 radical (unpaired) electrons. The van der Waals surface area contributed by atoms with Crippen LogP contribution in [-0.2, 0) is 11.3 Å². The summed E-state index contributed by atoms with van der Waals surface area (Å²) in [5.41, 5.74) is 0.345. The van der Waals surface area contributed by atoms with Crippen molar-refractivity contribution in [1.82, 2.24) is 14.8 Å². The summed E-state index contributed by atoms with van der Waals surface area (Å²) >= 11 is 0. The van der Waals surface area contributed by atoms with E-state index in [0.717, 1.165) is 55.8 Å². The van der Waals surface area contributed by atoms with Crippen molar-refractivity contribution in [3.05, 3.63) is 24.4 Å². The summed E-state index contributed by atoms with van der Waals surface area (Å²) in [6, 6.07) is 1.42. The Morgan fingerprint density at radius 1 is 1.09 bits per heavy atom. The summed E-state index contributed by atoms with van der Waals surface area (Å²) < 4.78 is 15.4. The Balaban J connectivity index is 1.24. The SMILES string of the molecule is C[C@@]1(O)CC[C@@]2(C)[C@@H](CC[C@@H]3[C@@H]2CC[C@@]2(C)[C@H]3CC[C@@]2(C=O)CCn2ncc3cc(F)ncc32)C1. The number of pyridine rings is 1. The van der Waals surface area contributed by atoms with Gasteiger partial charge in [0.15, 0.2) is 0 Å². The van der Waals surface area contributed by atoms with Crippen LogP contribution in [0.4, 0.5) is 4.39 Å². The number of carbonyl (C=O) groups excluding carboxylic acids is 1. The molecule has 0 amide bonds. The fourth-order valence-corrected chi connectivity index (χ4v) is 9.70. The minimum Gasteiger partial charge on any atom is -0.390 e. The lowest BCUT2D eigenvalue weighted by Crippen LogP contribution is -2.56. The molecule has 0 aromatic carbocycles. The van der Waals surface area contributed by atoms with Crippen LogP contribution in [0.1, 0.15) is 85.0 Å². The van der Waals surface area contributed by atoms with E-state index in [0.29, 0.717) is 35.6 Å². The smallest absolute Gasteiger partial charge is 0.213 e.